The molecule has 78 valence electrons. The number of hydrogen-bond acceptors (Lipinski definition) is 2. The molecule has 0 saturated carbocycles. The minimum Gasteiger partial charge on any atom is -0.375 e. The van der Waals surface area contributed by atoms with Crippen LogP contribution >= 0.6 is 0 Å². The van der Waals surface area contributed by atoms with Crippen molar-refractivity contribution in [2.24, 2.45) is 0 Å². The van der Waals surface area contributed by atoms with Crippen LogP contribution in [0.15, 0.2) is 30.3 Å². The first-order valence-electron chi connectivity index (χ1n) is 5.04. The van der Waals surface area contributed by atoms with Crippen LogP contribution in [-0.4, -0.2) is 19.8 Å². The van der Waals surface area contributed by atoms with Crippen molar-refractivity contribution in [3.63, 3.8) is 0 Å². The average Bonchev–Trinajstić information content (AvgIpc) is 2.23. The second kappa shape index (κ2) is 4.48. The van der Waals surface area contributed by atoms with E-state index in [4.69, 9.17) is 9.47 Å². The SMILES string of the molecule is CC#CCOC1(c2ccccc2)COC1. The second-order valence-corrected chi connectivity index (χ2v) is 3.57. The summed E-state index contributed by atoms with van der Waals surface area (Å²) >= 11 is 0. The van der Waals surface area contributed by atoms with E-state index >= 15 is 0 Å². The van der Waals surface area contributed by atoms with Crippen molar-refractivity contribution in [3.05, 3.63) is 35.9 Å². The van der Waals surface area contributed by atoms with Gasteiger partial charge in [-0.25, -0.2) is 0 Å². The molecule has 2 heteroatoms. The van der Waals surface area contributed by atoms with Gasteiger partial charge in [-0.3, -0.25) is 0 Å². The third-order valence-corrected chi connectivity index (χ3v) is 2.57. The molecule has 1 aliphatic heterocycles. The van der Waals surface area contributed by atoms with Crippen molar-refractivity contribution in [3.8, 4) is 11.8 Å². The molecule has 0 spiro atoms. The third kappa shape index (κ3) is 2.04. The number of benzene rings is 1. The van der Waals surface area contributed by atoms with Crippen LogP contribution < -0.4 is 0 Å². The summed E-state index contributed by atoms with van der Waals surface area (Å²) in [6.07, 6.45) is 0. The first-order chi connectivity index (χ1) is 7.37. The van der Waals surface area contributed by atoms with E-state index in [1.807, 2.05) is 25.1 Å². The van der Waals surface area contributed by atoms with Crippen LogP contribution in [0.2, 0.25) is 0 Å². The van der Waals surface area contributed by atoms with Crippen molar-refractivity contribution in [1.82, 2.24) is 0 Å². The van der Waals surface area contributed by atoms with Gasteiger partial charge in [-0.2, -0.15) is 0 Å². The van der Waals surface area contributed by atoms with Crippen molar-refractivity contribution in [2.45, 2.75) is 12.5 Å². The Balaban J connectivity index is 2.10. The molecule has 1 saturated heterocycles. The molecule has 0 N–H and O–H groups in total. The van der Waals surface area contributed by atoms with Crippen LogP contribution in [0, 0.1) is 11.8 Å². The zero-order chi connectivity index (χ0) is 10.6. The molecule has 0 atom stereocenters. The molecule has 1 aliphatic rings. The van der Waals surface area contributed by atoms with Crippen molar-refractivity contribution >= 4 is 0 Å². The summed E-state index contributed by atoms with van der Waals surface area (Å²) < 4.78 is 11.0. The fourth-order valence-electron chi connectivity index (χ4n) is 1.61. The summed E-state index contributed by atoms with van der Waals surface area (Å²) in [6, 6.07) is 10.2. The van der Waals surface area contributed by atoms with Crippen LogP contribution in [0.3, 0.4) is 0 Å². The summed E-state index contributed by atoms with van der Waals surface area (Å²) in [6.45, 7) is 3.54. The van der Waals surface area contributed by atoms with E-state index in [0.29, 0.717) is 19.8 Å². The quantitative estimate of drug-likeness (QED) is 0.697. The Kier molecular flexibility index (Phi) is 3.05. The topological polar surface area (TPSA) is 18.5 Å². The molecule has 0 aliphatic carbocycles. The second-order valence-electron chi connectivity index (χ2n) is 3.57. The molecule has 0 bridgehead atoms. The Labute approximate surface area is 90.2 Å². The Morgan fingerprint density at radius 2 is 2.07 bits per heavy atom. The van der Waals surface area contributed by atoms with Gasteiger partial charge in [0.15, 0.2) is 0 Å². The van der Waals surface area contributed by atoms with Crippen LogP contribution in [0.5, 0.6) is 0 Å². The van der Waals surface area contributed by atoms with Gasteiger partial charge in [0.1, 0.15) is 12.2 Å². The fourth-order valence-corrected chi connectivity index (χ4v) is 1.61. The normalized spacial score (nSPS) is 17.4. The van der Waals surface area contributed by atoms with Crippen LogP contribution in [-0.2, 0) is 15.1 Å². The summed E-state index contributed by atoms with van der Waals surface area (Å²) in [4.78, 5) is 0. The van der Waals surface area contributed by atoms with Crippen LogP contribution in [0.4, 0.5) is 0 Å². The van der Waals surface area contributed by atoms with Crippen molar-refractivity contribution < 1.29 is 9.47 Å². The van der Waals surface area contributed by atoms with E-state index in [9.17, 15) is 0 Å². The highest BCUT2D eigenvalue weighted by Gasteiger charge is 2.41. The molecule has 15 heavy (non-hydrogen) atoms. The number of ether oxygens (including phenoxy) is 2. The lowest BCUT2D eigenvalue weighted by Crippen LogP contribution is -2.49. The highest BCUT2D eigenvalue weighted by Crippen LogP contribution is 2.33. The zero-order valence-electron chi connectivity index (χ0n) is 8.82. The first kappa shape index (κ1) is 10.2. The number of rotatable bonds is 3. The van der Waals surface area contributed by atoms with E-state index in [-0.39, 0.29) is 5.60 Å². The highest BCUT2D eigenvalue weighted by molar-refractivity contribution is 5.25. The van der Waals surface area contributed by atoms with E-state index in [0.717, 1.165) is 0 Å². The fraction of sp³-hybridized carbons (Fsp3) is 0.385. The van der Waals surface area contributed by atoms with Gasteiger partial charge >= 0.3 is 0 Å². The summed E-state index contributed by atoms with van der Waals surface area (Å²) in [7, 11) is 0. The monoisotopic (exact) mass is 202 g/mol. The molecule has 0 radical (unpaired) electrons. The molecule has 0 unspecified atom stereocenters. The van der Waals surface area contributed by atoms with Crippen LogP contribution in [0.1, 0.15) is 12.5 Å². The predicted molar refractivity (Wildman–Crippen MR) is 58.3 cm³/mol. The maximum atomic E-state index is 5.79. The average molecular weight is 202 g/mol. The lowest BCUT2D eigenvalue weighted by Gasteiger charge is -2.41. The molecule has 0 amide bonds. The Morgan fingerprint density at radius 3 is 2.60 bits per heavy atom. The highest BCUT2D eigenvalue weighted by atomic mass is 16.6. The van der Waals surface area contributed by atoms with Gasteiger partial charge in [-0.1, -0.05) is 36.3 Å². The minimum atomic E-state index is -0.259. The largest absolute Gasteiger partial charge is 0.375 e. The van der Waals surface area contributed by atoms with E-state index < -0.39 is 0 Å². The van der Waals surface area contributed by atoms with Gasteiger partial charge < -0.3 is 9.47 Å². The maximum Gasteiger partial charge on any atom is 0.141 e. The van der Waals surface area contributed by atoms with E-state index in [1.165, 1.54) is 5.56 Å². The van der Waals surface area contributed by atoms with Gasteiger partial charge in [-0.15, -0.1) is 5.92 Å². The smallest absolute Gasteiger partial charge is 0.141 e. The van der Waals surface area contributed by atoms with E-state index in [1.54, 1.807) is 0 Å². The van der Waals surface area contributed by atoms with Gasteiger partial charge in [0.05, 0.1) is 13.2 Å². The predicted octanol–water partition coefficient (Wildman–Crippen LogP) is 1.95. The lowest BCUT2D eigenvalue weighted by atomic mass is 9.92. The minimum absolute atomic E-state index is 0.259. The Bertz CT molecular complexity index is 369. The molecule has 2 rings (SSSR count). The van der Waals surface area contributed by atoms with Crippen LogP contribution in [0.25, 0.3) is 0 Å². The standard InChI is InChI=1S/C13H14O2/c1-2-3-9-15-13(10-14-11-13)12-7-5-4-6-8-12/h4-8H,9-11H2,1H3. The third-order valence-electron chi connectivity index (χ3n) is 2.57. The first-order valence-corrected chi connectivity index (χ1v) is 5.04. The molecular weight excluding hydrogens is 188 g/mol. The molecule has 1 fully saturated rings. The van der Waals surface area contributed by atoms with Gasteiger partial charge in [0.2, 0.25) is 0 Å². The Hall–Kier alpha value is -1.30. The lowest BCUT2D eigenvalue weighted by molar-refractivity contribution is -0.210. The van der Waals surface area contributed by atoms with Crippen molar-refractivity contribution in [2.75, 3.05) is 19.8 Å². The van der Waals surface area contributed by atoms with Gasteiger partial charge in [0.25, 0.3) is 0 Å². The Morgan fingerprint density at radius 1 is 1.33 bits per heavy atom. The molecular formula is C13H14O2. The molecule has 2 nitrogen and oxygen atoms in total. The summed E-state index contributed by atoms with van der Waals surface area (Å²) in [5.74, 6) is 5.74. The summed E-state index contributed by atoms with van der Waals surface area (Å²) in [5, 5.41) is 0. The molecule has 1 heterocycles. The van der Waals surface area contributed by atoms with Crippen molar-refractivity contribution in [1.29, 1.82) is 0 Å². The molecule has 1 aromatic carbocycles. The zero-order valence-corrected chi connectivity index (χ0v) is 8.82. The summed E-state index contributed by atoms with van der Waals surface area (Å²) in [5.41, 5.74) is 0.916. The molecule has 1 aromatic rings. The van der Waals surface area contributed by atoms with Gasteiger partial charge in [-0.05, 0) is 12.5 Å². The van der Waals surface area contributed by atoms with E-state index in [2.05, 4.69) is 24.0 Å². The van der Waals surface area contributed by atoms with Gasteiger partial charge in [0, 0.05) is 0 Å². The number of hydrogen-bond donors (Lipinski definition) is 0. The maximum absolute atomic E-state index is 5.79. The molecule has 0 aromatic heterocycles.